The minimum Gasteiger partial charge on any atom is -0.497 e. The van der Waals surface area contributed by atoms with E-state index >= 15 is 0 Å². The van der Waals surface area contributed by atoms with Crippen LogP contribution >= 0.6 is 0 Å². The standard InChI is InChI=1S/C20H20N2O3/c1-13(16-10-7-11-17(12-16)24-3)21-20(23)18-14(2)25-22-19(18)15-8-5-4-6-9-15/h4-13H,1-3H3,(H,21,23)/t13-/m0/s1. The largest absolute Gasteiger partial charge is 0.497 e. The van der Waals surface area contributed by atoms with Crippen LogP contribution < -0.4 is 10.1 Å². The van der Waals surface area contributed by atoms with Gasteiger partial charge in [-0.15, -0.1) is 0 Å². The van der Waals surface area contributed by atoms with Crippen molar-refractivity contribution in [2.24, 2.45) is 0 Å². The van der Waals surface area contributed by atoms with E-state index in [0.717, 1.165) is 16.9 Å². The highest BCUT2D eigenvalue weighted by molar-refractivity contribution is 6.00. The van der Waals surface area contributed by atoms with Crippen LogP contribution in [0.1, 0.15) is 34.6 Å². The Kier molecular flexibility index (Phi) is 4.84. The zero-order chi connectivity index (χ0) is 17.8. The Morgan fingerprint density at radius 1 is 1.16 bits per heavy atom. The second-order valence-corrected chi connectivity index (χ2v) is 5.80. The van der Waals surface area contributed by atoms with Crippen LogP contribution in [0.3, 0.4) is 0 Å². The predicted molar refractivity (Wildman–Crippen MR) is 95.6 cm³/mol. The number of aromatic nitrogens is 1. The molecule has 0 radical (unpaired) electrons. The fraction of sp³-hybridized carbons (Fsp3) is 0.200. The van der Waals surface area contributed by atoms with Crippen molar-refractivity contribution in [2.75, 3.05) is 7.11 Å². The van der Waals surface area contributed by atoms with Crippen molar-refractivity contribution in [3.05, 3.63) is 71.5 Å². The van der Waals surface area contributed by atoms with Crippen molar-refractivity contribution >= 4 is 5.91 Å². The fourth-order valence-corrected chi connectivity index (χ4v) is 2.70. The number of rotatable bonds is 5. The topological polar surface area (TPSA) is 64.4 Å². The lowest BCUT2D eigenvalue weighted by Crippen LogP contribution is -2.27. The first-order chi connectivity index (χ1) is 12.1. The molecule has 5 nitrogen and oxygen atoms in total. The maximum absolute atomic E-state index is 12.8. The molecule has 0 aliphatic rings. The van der Waals surface area contributed by atoms with Crippen LogP contribution in [-0.4, -0.2) is 18.2 Å². The molecule has 1 aromatic heterocycles. The number of nitrogens with zero attached hydrogens (tertiary/aromatic N) is 1. The van der Waals surface area contributed by atoms with Gasteiger partial charge in [-0.3, -0.25) is 4.79 Å². The Labute approximate surface area is 146 Å². The van der Waals surface area contributed by atoms with Gasteiger partial charge in [0.15, 0.2) is 0 Å². The summed E-state index contributed by atoms with van der Waals surface area (Å²) in [4.78, 5) is 12.8. The smallest absolute Gasteiger partial charge is 0.257 e. The number of methoxy groups -OCH3 is 1. The number of ether oxygens (including phenoxy) is 1. The Bertz CT molecular complexity index is 872. The van der Waals surface area contributed by atoms with Gasteiger partial charge >= 0.3 is 0 Å². The lowest BCUT2D eigenvalue weighted by Gasteiger charge is -2.15. The molecule has 2 aromatic carbocycles. The molecule has 25 heavy (non-hydrogen) atoms. The molecule has 1 heterocycles. The highest BCUT2D eigenvalue weighted by Gasteiger charge is 2.23. The third-order valence-corrected chi connectivity index (χ3v) is 4.08. The van der Waals surface area contributed by atoms with E-state index in [-0.39, 0.29) is 11.9 Å². The van der Waals surface area contributed by atoms with Crippen molar-refractivity contribution in [3.63, 3.8) is 0 Å². The number of amides is 1. The summed E-state index contributed by atoms with van der Waals surface area (Å²) in [5.74, 6) is 1.03. The van der Waals surface area contributed by atoms with Gasteiger partial charge in [-0.25, -0.2) is 0 Å². The van der Waals surface area contributed by atoms with Crippen LogP contribution in [0.15, 0.2) is 59.1 Å². The number of carbonyl (C=O) groups excluding carboxylic acids is 1. The van der Waals surface area contributed by atoms with Gasteiger partial charge in [0.2, 0.25) is 0 Å². The van der Waals surface area contributed by atoms with E-state index in [1.807, 2.05) is 61.5 Å². The van der Waals surface area contributed by atoms with Crippen LogP contribution in [0.4, 0.5) is 0 Å². The maximum atomic E-state index is 12.8. The maximum Gasteiger partial charge on any atom is 0.257 e. The van der Waals surface area contributed by atoms with E-state index in [2.05, 4.69) is 10.5 Å². The van der Waals surface area contributed by atoms with Gasteiger partial charge in [0, 0.05) is 5.56 Å². The molecule has 128 valence electrons. The molecule has 0 aliphatic heterocycles. The van der Waals surface area contributed by atoms with Crippen molar-refractivity contribution in [2.45, 2.75) is 19.9 Å². The van der Waals surface area contributed by atoms with Gasteiger partial charge in [-0.1, -0.05) is 47.6 Å². The van der Waals surface area contributed by atoms with Gasteiger partial charge in [0.25, 0.3) is 5.91 Å². The third-order valence-electron chi connectivity index (χ3n) is 4.08. The first-order valence-electron chi connectivity index (χ1n) is 8.06. The highest BCUT2D eigenvalue weighted by Crippen LogP contribution is 2.26. The molecule has 0 fully saturated rings. The lowest BCUT2D eigenvalue weighted by atomic mass is 10.0. The first-order valence-corrected chi connectivity index (χ1v) is 8.06. The number of nitrogens with one attached hydrogen (secondary N) is 1. The quantitative estimate of drug-likeness (QED) is 0.760. The molecular weight excluding hydrogens is 316 g/mol. The zero-order valence-corrected chi connectivity index (χ0v) is 14.4. The Hall–Kier alpha value is -3.08. The van der Waals surface area contributed by atoms with Gasteiger partial charge in [-0.05, 0) is 31.5 Å². The van der Waals surface area contributed by atoms with E-state index in [9.17, 15) is 4.79 Å². The second kappa shape index (κ2) is 7.21. The molecule has 1 atom stereocenters. The molecule has 0 spiro atoms. The average molecular weight is 336 g/mol. The van der Waals surface area contributed by atoms with Crippen LogP contribution in [0.25, 0.3) is 11.3 Å². The number of hydrogen-bond acceptors (Lipinski definition) is 4. The van der Waals surface area contributed by atoms with Gasteiger partial charge in [0.05, 0.1) is 13.2 Å². The van der Waals surface area contributed by atoms with Crippen molar-refractivity contribution in [3.8, 4) is 17.0 Å². The number of aryl methyl sites for hydroxylation is 1. The summed E-state index contributed by atoms with van der Waals surface area (Å²) in [6.07, 6.45) is 0. The summed E-state index contributed by atoms with van der Waals surface area (Å²) < 4.78 is 10.5. The molecule has 1 N–H and O–H groups in total. The Morgan fingerprint density at radius 2 is 1.92 bits per heavy atom. The van der Waals surface area contributed by atoms with Crippen LogP contribution in [0.2, 0.25) is 0 Å². The highest BCUT2D eigenvalue weighted by atomic mass is 16.5. The normalized spacial score (nSPS) is 11.8. The second-order valence-electron chi connectivity index (χ2n) is 5.80. The monoisotopic (exact) mass is 336 g/mol. The SMILES string of the molecule is COc1cccc([C@H](C)NC(=O)c2c(-c3ccccc3)noc2C)c1. The Balaban J connectivity index is 1.85. The summed E-state index contributed by atoms with van der Waals surface area (Å²) in [7, 11) is 1.62. The van der Waals surface area contributed by atoms with E-state index in [0.29, 0.717) is 17.0 Å². The molecule has 0 bridgehead atoms. The molecule has 0 saturated carbocycles. The molecule has 5 heteroatoms. The van der Waals surface area contributed by atoms with Crippen LogP contribution in [0, 0.1) is 6.92 Å². The van der Waals surface area contributed by atoms with E-state index in [1.54, 1.807) is 14.0 Å². The van der Waals surface area contributed by atoms with E-state index in [1.165, 1.54) is 0 Å². The van der Waals surface area contributed by atoms with Crippen LogP contribution in [-0.2, 0) is 0 Å². The summed E-state index contributed by atoms with van der Waals surface area (Å²) in [6.45, 7) is 3.67. The number of hydrogen-bond donors (Lipinski definition) is 1. The number of carbonyl (C=O) groups is 1. The van der Waals surface area contributed by atoms with Crippen molar-refractivity contribution in [1.29, 1.82) is 0 Å². The van der Waals surface area contributed by atoms with Gasteiger partial charge in [0.1, 0.15) is 22.8 Å². The molecule has 0 aliphatic carbocycles. The van der Waals surface area contributed by atoms with Crippen molar-refractivity contribution < 1.29 is 14.1 Å². The lowest BCUT2D eigenvalue weighted by molar-refractivity contribution is 0.0939. The van der Waals surface area contributed by atoms with E-state index in [4.69, 9.17) is 9.26 Å². The van der Waals surface area contributed by atoms with Gasteiger partial charge in [-0.2, -0.15) is 0 Å². The summed E-state index contributed by atoms with van der Waals surface area (Å²) in [6, 6.07) is 17.0. The van der Waals surface area contributed by atoms with Crippen molar-refractivity contribution in [1.82, 2.24) is 10.5 Å². The predicted octanol–water partition coefficient (Wildman–Crippen LogP) is 4.15. The Morgan fingerprint density at radius 3 is 2.64 bits per heavy atom. The fourth-order valence-electron chi connectivity index (χ4n) is 2.70. The molecule has 0 unspecified atom stereocenters. The third kappa shape index (κ3) is 3.55. The minimum atomic E-state index is -0.215. The summed E-state index contributed by atoms with van der Waals surface area (Å²) in [5, 5.41) is 7.07. The summed E-state index contributed by atoms with van der Waals surface area (Å²) in [5.41, 5.74) is 2.82. The molecule has 0 saturated heterocycles. The molecule has 3 rings (SSSR count). The minimum absolute atomic E-state index is 0.180. The van der Waals surface area contributed by atoms with Crippen LogP contribution in [0.5, 0.6) is 5.75 Å². The van der Waals surface area contributed by atoms with Gasteiger partial charge < -0.3 is 14.6 Å². The molecular formula is C20H20N2O3. The number of benzene rings is 2. The molecule has 3 aromatic rings. The molecule has 1 amide bonds. The van der Waals surface area contributed by atoms with E-state index < -0.39 is 0 Å². The summed E-state index contributed by atoms with van der Waals surface area (Å²) >= 11 is 0. The average Bonchev–Trinajstić information content (AvgIpc) is 3.04. The zero-order valence-electron chi connectivity index (χ0n) is 14.4. The first kappa shape index (κ1) is 16.8.